The minimum atomic E-state index is -0.724. The zero-order chi connectivity index (χ0) is 8.43. The Bertz CT molecular complexity index is 171. The maximum atomic E-state index is 12.8. The number of halogens is 1. The van der Waals surface area contributed by atoms with Gasteiger partial charge in [0.1, 0.15) is 6.17 Å². The van der Waals surface area contributed by atoms with Gasteiger partial charge in [-0.25, -0.2) is 4.39 Å². The average molecular weight is 155 g/mol. The van der Waals surface area contributed by atoms with Crippen molar-refractivity contribution in [1.82, 2.24) is 4.90 Å². The second-order valence-corrected chi connectivity index (χ2v) is 3.43. The molecule has 1 saturated heterocycles. The van der Waals surface area contributed by atoms with Crippen molar-refractivity contribution in [3.63, 3.8) is 0 Å². The van der Waals surface area contributed by atoms with Gasteiger partial charge in [-0.3, -0.25) is 0 Å². The third-order valence-electron chi connectivity index (χ3n) is 2.23. The molecule has 0 aliphatic carbocycles. The van der Waals surface area contributed by atoms with Crippen molar-refractivity contribution in [1.29, 1.82) is 0 Å². The van der Waals surface area contributed by atoms with E-state index in [-0.39, 0.29) is 6.04 Å². The molecule has 0 aromatic carbocycles. The standard InChI is InChI=1S/C9H14FN/c1-4-11-6-8(10)5-9(11)7(2)3/h1,7-9H,5-6H2,2-3H3/t8-,9?/m0/s1. The van der Waals surface area contributed by atoms with Crippen molar-refractivity contribution in [3.05, 3.63) is 0 Å². The fraction of sp³-hybridized carbons (Fsp3) is 0.778. The summed E-state index contributed by atoms with van der Waals surface area (Å²) in [6, 6.07) is 2.76. The van der Waals surface area contributed by atoms with Crippen LogP contribution in [0.15, 0.2) is 0 Å². The predicted molar refractivity (Wildman–Crippen MR) is 43.7 cm³/mol. The second-order valence-electron chi connectivity index (χ2n) is 3.43. The van der Waals surface area contributed by atoms with Gasteiger partial charge in [0.25, 0.3) is 0 Å². The lowest BCUT2D eigenvalue weighted by Crippen LogP contribution is -2.28. The lowest BCUT2D eigenvalue weighted by molar-refractivity contribution is 0.294. The van der Waals surface area contributed by atoms with Crippen LogP contribution in [-0.4, -0.2) is 23.7 Å². The van der Waals surface area contributed by atoms with Crippen molar-refractivity contribution in [2.45, 2.75) is 32.5 Å². The molecule has 62 valence electrons. The van der Waals surface area contributed by atoms with Crippen LogP contribution in [0.2, 0.25) is 0 Å². The minimum Gasteiger partial charge on any atom is -0.327 e. The number of nitrogens with zero attached hydrogens (tertiary/aromatic N) is 1. The van der Waals surface area contributed by atoms with Gasteiger partial charge in [-0.1, -0.05) is 20.3 Å². The molecule has 0 aromatic rings. The predicted octanol–water partition coefficient (Wildman–Crippen LogP) is 1.65. The summed E-state index contributed by atoms with van der Waals surface area (Å²) in [4.78, 5) is 1.77. The number of rotatable bonds is 1. The van der Waals surface area contributed by atoms with E-state index in [1.54, 1.807) is 4.90 Å². The summed E-state index contributed by atoms with van der Waals surface area (Å²) in [5.74, 6) is 0.451. The first kappa shape index (κ1) is 8.39. The molecule has 0 aromatic heterocycles. The molecular weight excluding hydrogens is 141 g/mol. The Labute approximate surface area is 67.6 Å². The highest BCUT2D eigenvalue weighted by molar-refractivity contribution is 4.98. The molecule has 11 heavy (non-hydrogen) atoms. The third-order valence-corrected chi connectivity index (χ3v) is 2.23. The SMILES string of the molecule is C#CN1C[C@@H](F)CC1C(C)C. The van der Waals surface area contributed by atoms with E-state index in [0.29, 0.717) is 18.9 Å². The zero-order valence-corrected chi connectivity index (χ0v) is 7.05. The minimum absolute atomic E-state index is 0.245. The highest BCUT2D eigenvalue weighted by Gasteiger charge is 2.32. The number of likely N-dealkylation sites (tertiary alicyclic amines) is 1. The molecule has 0 saturated carbocycles. The van der Waals surface area contributed by atoms with Crippen LogP contribution in [0.1, 0.15) is 20.3 Å². The molecule has 0 spiro atoms. The zero-order valence-electron chi connectivity index (χ0n) is 7.05. The Morgan fingerprint density at radius 1 is 1.64 bits per heavy atom. The van der Waals surface area contributed by atoms with Crippen LogP contribution in [0.3, 0.4) is 0 Å². The summed E-state index contributed by atoms with van der Waals surface area (Å²) in [5, 5.41) is 0. The molecule has 1 fully saturated rings. The van der Waals surface area contributed by atoms with E-state index < -0.39 is 6.17 Å². The summed E-state index contributed by atoms with van der Waals surface area (Å²) in [5.41, 5.74) is 0. The molecule has 1 aliphatic rings. The summed E-state index contributed by atoms with van der Waals surface area (Å²) < 4.78 is 12.8. The fourth-order valence-electron chi connectivity index (χ4n) is 1.59. The Balaban J connectivity index is 2.59. The van der Waals surface area contributed by atoms with E-state index in [1.165, 1.54) is 0 Å². The average Bonchev–Trinajstić information content (AvgIpc) is 2.30. The summed E-state index contributed by atoms with van der Waals surface area (Å²) in [6.07, 6.45) is 5.11. The van der Waals surface area contributed by atoms with Crippen LogP contribution >= 0.6 is 0 Å². The smallest absolute Gasteiger partial charge is 0.120 e. The van der Waals surface area contributed by atoms with Crippen molar-refractivity contribution in [3.8, 4) is 12.5 Å². The van der Waals surface area contributed by atoms with E-state index in [1.807, 2.05) is 0 Å². The molecule has 1 aliphatic heterocycles. The van der Waals surface area contributed by atoms with Crippen LogP contribution in [0.25, 0.3) is 0 Å². The fourth-order valence-corrected chi connectivity index (χ4v) is 1.59. The molecule has 0 bridgehead atoms. The first-order chi connectivity index (χ1) is 5.15. The molecule has 0 N–H and O–H groups in total. The Hall–Kier alpha value is -0.710. The monoisotopic (exact) mass is 155 g/mol. The molecule has 1 heterocycles. The molecule has 1 nitrogen and oxygen atoms in total. The van der Waals surface area contributed by atoms with Gasteiger partial charge >= 0.3 is 0 Å². The molecule has 2 atom stereocenters. The van der Waals surface area contributed by atoms with Crippen LogP contribution in [0.5, 0.6) is 0 Å². The molecule has 2 heteroatoms. The first-order valence-corrected chi connectivity index (χ1v) is 4.02. The summed E-state index contributed by atoms with van der Waals surface area (Å²) in [7, 11) is 0. The second kappa shape index (κ2) is 3.13. The molecular formula is C9H14FN. The molecule has 1 rings (SSSR count). The van der Waals surface area contributed by atoms with Gasteiger partial charge in [0.2, 0.25) is 0 Å². The van der Waals surface area contributed by atoms with Crippen molar-refractivity contribution in [2.75, 3.05) is 6.54 Å². The number of alkyl halides is 1. The van der Waals surface area contributed by atoms with Crippen LogP contribution in [0.4, 0.5) is 4.39 Å². The topological polar surface area (TPSA) is 3.24 Å². The highest BCUT2D eigenvalue weighted by Crippen LogP contribution is 2.24. The van der Waals surface area contributed by atoms with Gasteiger partial charge in [-0.2, -0.15) is 0 Å². The lowest BCUT2D eigenvalue weighted by atomic mass is 10.0. The van der Waals surface area contributed by atoms with E-state index in [2.05, 4.69) is 19.9 Å². The van der Waals surface area contributed by atoms with Gasteiger partial charge in [0.05, 0.1) is 6.54 Å². The Kier molecular flexibility index (Phi) is 2.38. The largest absolute Gasteiger partial charge is 0.327 e. The van der Waals surface area contributed by atoms with Gasteiger partial charge in [0, 0.05) is 18.5 Å². The van der Waals surface area contributed by atoms with Crippen LogP contribution in [0, 0.1) is 18.4 Å². The van der Waals surface area contributed by atoms with E-state index in [4.69, 9.17) is 6.42 Å². The van der Waals surface area contributed by atoms with Crippen molar-refractivity contribution >= 4 is 0 Å². The number of terminal acetylenes is 1. The van der Waals surface area contributed by atoms with Crippen LogP contribution < -0.4 is 0 Å². The van der Waals surface area contributed by atoms with Gasteiger partial charge in [-0.05, 0) is 5.92 Å². The molecule has 0 amide bonds. The summed E-state index contributed by atoms with van der Waals surface area (Å²) in [6.45, 7) is 4.57. The number of hydrogen-bond acceptors (Lipinski definition) is 1. The maximum Gasteiger partial charge on any atom is 0.120 e. The van der Waals surface area contributed by atoms with Crippen molar-refractivity contribution in [2.24, 2.45) is 5.92 Å². The molecule has 0 radical (unpaired) electrons. The molecule has 1 unspecified atom stereocenters. The highest BCUT2D eigenvalue weighted by atomic mass is 19.1. The number of hydrogen-bond donors (Lipinski definition) is 0. The van der Waals surface area contributed by atoms with Gasteiger partial charge in [0.15, 0.2) is 0 Å². The quantitative estimate of drug-likeness (QED) is 0.520. The van der Waals surface area contributed by atoms with E-state index in [0.717, 1.165) is 0 Å². The normalized spacial score (nSPS) is 31.0. The third kappa shape index (κ3) is 1.65. The Morgan fingerprint density at radius 2 is 2.27 bits per heavy atom. The Morgan fingerprint density at radius 3 is 2.64 bits per heavy atom. The van der Waals surface area contributed by atoms with Crippen LogP contribution in [-0.2, 0) is 0 Å². The van der Waals surface area contributed by atoms with E-state index in [9.17, 15) is 4.39 Å². The van der Waals surface area contributed by atoms with Gasteiger partial charge < -0.3 is 4.90 Å². The summed E-state index contributed by atoms with van der Waals surface area (Å²) >= 11 is 0. The van der Waals surface area contributed by atoms with Gasteiger partial charge in [-0.15, -0.1) is 0 Å². The maximum absolute atomic E-state index is 12.8. The lowest BCUT2D eigenvalue weighted by Gasteiger charge is -2.22. The van der Waals surface area contributed by atoms with Crippen molar-refractivity contribution < 1.29 is 4.39 Å². The van der Waals surface area contributed by atoms with E-state index >= 15 is 0 Å². The first-order valence-electron chi connectivity index (χ1n) is 4.02.